The van der Waals surface area contributed by atoms with Crippen LogP contribution in [0.15, 0.2) is 0 Å². The van der Waals surface area contributed by atoms with E-state index in [2.05, 4.69) is 26.1 Å². The van der Waals surface area contributed by atoms with Gasteiger partial charge in [0.05, 0.1) is 42.2 Å². The number of rotatable bonds is 5. The first kappa shape index (κ1) is 30.8. The number of fused-ring (bicyclic) bond motifs is 4. The Morgan fingerprint density at radius 2 is 1.77 bits per heavy atom. The van der Waals surface area contributed by atoms with E-state index in [1.54, 1.807) is 13.8 Å². The largest absolute Gasteiger partial charge is 0.457 e. The highest BCUT2D eigenvalue weighted by atomic mass is 16.7. The summed E-state index contributed by atoms with van der Waals surface area (Å²) >= 11 is 0. The Morgan fingerprint density at radius 1 is 1.05 bits per heavy atom. The van der Waals surface area contributed by atoms with Crippen molar-refractivity contribution in [2.75, 3.05) is 19.7 Å². The lowest BCUT2D eigenvalue weighted by Gasteiger charge is -2.63. The van der Waals surface area contributed by atoms with Crippen molar-refractivity contribution in [3.8, 4) is 0 Å². The first-order valence-electron chi connectivity index (χ1n) is 17.1. The summed E-state index contributed by atoms with van der Waals surface area (Å²) in [6.07, 6.45) is 6.71. The highest BCUT2D eigenvalue weighted by Crippen LogP contribution is 2.87. The van der Waals surface area contributed by atoms with Gasteiger partial charge in [-0.3, -0.25) is 4.79 Å². The minimum Gasteiger partial charge on any atom is -0.457 e. The van der Waals surface area contributed by atoms with Crippen LogP contribution in [-0.2, 0) is 23.7 Å². The molecule has 7 aliphatic rings. The second-order valence-electron chi connectivity index (χ2n) is 17.0. The molecule has 5 aliphatic carbocycles. The molecule has 244 valence electrons. The average molecular weight is 605 g/mol. The Bertz CT molecular complexity index is 1120. The van der Waals surface area contributed by atoms with Crippen LogP contribution in [0.2, 0.25) is 0 Å². The smallest absolute Gasteiger partial charge is 0.303 e. The molecule has 2 heterocycles. The molecule has 9 nitrogen and oxygen atoms in total. The van der Waals surface area contributed by atoms with E-state index in [0.29, 0.717) is 18.9 Å². The van der Waals surface area contributed by atoms with E-state index in [1.165, 1.54) is 19.8 Å². The van der Waals surface area contributed by atoms with Crippen molar-refractivity contribution in [3.63, 3.8) is 0 Å². The van der Waals surface area contributed by atoms with E-state index in [1.807, 2.05) is 0 Å². The zero-order chi connectivity index (χ0) is 30.8. The van der Waals surface area contributed by atoms with E-state index >= 15 is 0 Å². The summed E-state index contributed by atoms with van der Waals surface area (Å²) in [5.41, 5.74) is 5.91. The lowest BCUT2D eigenvalue weighted by atomic mass is 9.44. The van der Waals surface area contributed by atoms with Crippen molar-refractivity contribution in [3.05, 3.63) is 0 Å². The van der Waals surface area contributed by atoms with Gasteiger partial charge in [0.2, 0.25) is 0 Å². The van der Waals surface area contributed by atoms with Gasteiger partial charge in [-0.25, -0.2) is 0 Å². The van der Waals surface area contributed by atoms with Gasteiger partial charge in [-0.15, -0.1) is 0 Å². The molecule has 7 fully saturated rings. The fraction of sp³-hybridized carbons (Fsp3) is 0.971. The summed E-state index contributed by atoms with van der Waals surface area (Å²) in [7, 11) is 0. The summed E-state index contributed by atoms with van der Waals surface area (Å²) in [4.78, 5) is 11.9. The molecule has 13 atom stereocenters. The van der Waals surface area contributed by atoms with E-state index in [4.69, 9.17) is 24.7 Å². The molecule has 0 radical (unpaired) electrons. The molecule has 0 aromatic carbocycles. The molecular weight excluding hydrogens is 548 g/mol. The Balaban J connectivity index is 1.14. The number of hydrogen-bond acceptors (Lipinski definition) is 9. The molecule has 5 unspecified atom stereocenters. The van der Waals surface area contributed by atoms with Gasteiger partial charge in [0.25, 0.3) is 0 Å². The second-order valence-corrected chi connectivity index (χ2v) is 17.0. The lowest BCUT2D eigenvalue weighted by Crippen LogP contribution is -2.70. The first-order valence-corrected chi connectivity index (χ1v) is 17.1. The Hall–Kier alpha value is -0.810. The molecule has 2 spiro atoms. The minimum absolute atomic E-state index is 0.0392. The minimum atomic E-state index is -1.26. The lowest BCUT2D eigenvalue weighted by molar-refractivity contribution is -0.233. The molecular formula is C34H56N2O7. The number of morpholine rings is 1. The number of aliphatic hydroxyl groups excluding tert-OH is 1. The Kier molecular flexibility index (Phi) is 7.06. The van der Waals surface area contributed by atoms with Crippen molar-refractivity contribution in [2.24, 2.45) is 45.1 Å². The van der Waals surface area contributed by atoms with Gasteiger partial charge in [0, 0.05) is 20.0 Å². The standard InChI is InChI=1S/C34H56N2O7/c1-19(37)41-28(30(4,5)39)21-8-7-20-26(42-21)27(38)34(35)23-10-9-22-29(2,3)24(43-25-17-36-15-16-40-25)11-12-32(22)18-33(23,32)14-13-31(20,34)6/h20-28,36,38-39H,7-18,35H2,1-6H3/t20-,21?,22-,23?,24-,25-,26?,27-,28-,31?,32?,33-,34-/m0/s1. The molecule has 2 saturated heterocycles. The van der Waals surface area contributed by atoms with Crippen LogP contribution in [0.25, 0.3) is 0 Å². The van der Waals surface area contributed by atoms with Crippen LogP contribution >= 0.6 is 0 Å². The van der Waals surface area contributed by atoms with Crippen LogP contribution in [0.3, 0.4) is 0 Å². The van der Waals surface area contributed by atoms with Crippen molar-refractivity contribution in [2.45, 2.75) is 147 Å². The summed E-state index contributed by atoms with van der Waals surface area (Å²) in [6, 6.07) is 0. The second kappa shape index (κ2) is 9.85. The molecule has 2 aliphatic heterocycles. The van der Waals surface area contributed by atoms with Gasteiger partial charge < -0.3 is 40.2 Å². The van der Waals surface area contributed by atoms with E-state index in [-0.39, 0.29) is 45.9 Å². The number of nitrogens with one attached hydrogen (secondary N) is 1. The van der Waals surface area contributed by atoms with Gasteiger partial charge in [-0.2, -0.15) is 0 Å². The molecule has 7 rings (SSSR count). The van der Waals surface area contributed by atoms with Gasteiger partial charge >= 0.3 is 5.97 Å². The monoisotopic (exact) mass is 604 g/mol. The van der Waals surface area contributed by atoms with Crippen molar-refractivity contribution in [1.82, 2.24) is 5.32 Å². The molecule has 5 saturated carbocycles. The first-order chi connectivity index (χ1) is 20.1. The number of ether oxygens (including phenoxy) is 4. The fourth-order valence-electron chi connectivity index (χ4n) is 12.5. The number of nitrogens with two attached hydrogens (primary N) is 1. The predicted molar refractivity (Wildman–Crippen MR) is 160 cm³/mol. The number of esters is 1. The summed E-state index contributed by atoms with van der Waals surface area (Å²) in [5.74, 6) is 0.509. The van der Waals surface area contributed by atoms with E-state index < -0.39 is 41.5 Å². The molecule has 0 aromatic heterocycles. The van der Waals surface area contributed by atoms with Crippen LogP contribution in [0.5, 0.6) is 0 Å². The molecule has 0 bridgehead atoms. The SMILES string of the molecule is CC(=O)O[C@@H](C1CC[C@H]2C(O1)[C@H](O)[C@@]1(N)C3CC[C@H]4C(C)(C)[C@@H](O[C@H]5CNCCO5)CCC45C[C@@]35CCC21C)C(C)(C)O. The zero-order valence-corrected chi connectivity index (χ0v) is 27.2. The topological polar surface area (TPSA) is 132 Å². The van der Waals surface area contributed by atoms with E-state index in [0.717, 1.165) is 51.6 Å². The highest BCUT2D eigenvalue weighted by Gasteiger charge is 2.85. The summed E-state index contributed by atoms with van der Waals surface area (Å²) in [6.45, 7) is 14.2. The van der Waals surface area contributed by atoms with Gasteiger partial charge in [-0.05, 0) is 111 Å². The maximum absolute atomic E-state index is 12.3. The van der Waals surface area contributed by atoms with Crippen molar-refractivity contribution < 1.29 is 34.0 Å². The molecule has 5 N–H and O–H groups in total. The zero-order valence-electron chi connectivity index (χ0n) is 27.2. The Labute approximate surface area is 257 Å². The maximum Gasteiger partial charge on any atom is 0.303 e. The number of carbonyl (C=O) groups excluding carboxylic acids is 1. The third-order valence-corrected chi connectivity index (χ3v) is 14.5. The third kappa shape index (κ3) is 4.10. The van der Waals surface area contributed by atoms with Gasteiger partial charge in [-0.1, -0.05) is 20.8 Å². The normalized spacial score (nSPS) is 52.5. The van der Waals surface area contributed by atoms with Crippen LogP contribution < -0.4 is 11.1 Å². The predicted octanol–water partition coefficient (Wildman–Crippen LogP) is 3.28. The third-order valence-electron chi connectivity index (χ3n) is 14.5. The van der Waals surface area contributed by atoms with Crippen LogP contribution in [-0.4, -0.2) is 83.8 Å². The number of aliphatic hydroxyl groups is 2. The number of hydrogen-bond donors (Lipinski definition) is 4. The van der Waals surface area contributed by atoms with Gasteiger partial charge in [0.1, 0.15) is 0 Å². The molecule has 0 aromatic rings. The molecule has 9 heteroatoms. The van der Waals surface area contributed by atoms with Crippen LogP contribution in [0.4, 0.5) is 0 Å². The molecule has 0 amide bonds. The van der Waals surface area contributed by atoms with Crippen molar-refractivity contribution in [1.29, 1.82) is 0 Å². The molecule has 43 heavy (non-hydrogen) atoms. The van der Waals surface area contributed by atoms with E-state index in [9.17, 15) is 15.0 Å². The fourth-order valence-corrected chi connectivity index (χ4v) is 12.5. The summed E-state index contributed by atoms with van der Waals surface area (Å²) in [5, 5.41) is 26.6. The highest BCUT2D eigenvalue weighted by molar-refractivity contribution is 5.66. The quantitative estimate of drug-likeness (QED) is 0.349. The van der Waals surface area contributed by atoms with Gasteiger partial charge in [0.15, 0.2) is 12.4 Å². The number of carbonyl (C=O) groups is 1. The van der Waals surface area contributed by atoms with Crippen LogP contribution in [0, 0.1) is 39.4 Å². The van der Waals surface area contributed by atoms with Crippen LogP contribution in [0.1, 0.15) is 99.3 Å². The maximum atomic E-state index is 12.3. The summed E-state index contributed by atoms with van der Waals surface area (Å²) < 4.78 is 24.9. The Morgan fingerprint density at radius 3 is 2.44 bits per heavy atom. The van der Waals surface area contributed by atoms with Crippen molar-refractivity contribution >= 4 is 5.97 Å². The average Bonchev–Trinajstić information content (AvgIpc) is 3.58.